The number of carboxylic acids is 1. The Morgan fingerprint density at radius 1 is 0.958 bits per heavy atom. The largest absolute Gasteiger partial charge is 0.494 e. The van der Waals surface area contributed by atoms with Crippen LogP contribution >= 0.6 is 0 Å². The van der Waals surface area contributed by atoms with Crippen LogP contribution in [-0.4, -0.2) is 36.2 Å². The molecule has 2 rings (SSSR count). The van der Waals surface area contributed by atoms with Gasteiger partial charge in [-0.15, -0.1) is 0 Å². The molecule has 0 atom stereocenters. The van der Waals surface area contributed by atoms with E-state index in [1.807, 2.05) is 0 Å². The summed E-state index contributed by atoms with van der Waals surface area (Å²) in [6.07, 6.45) is 10.1. The van der Waals surface area contributed by atoms with Gasteiger partial charge in [0.15, 0.2) is 0 Å². The first-order chi connectivity index (χ1) is 11.7. The molecule has 0 spiro atoms. The fourth-order valence-corrected chi connectivity index (χ4v) is 2.91. The quantitative estimate of drug-likeness (QED) is 0.444. The van der Waals surface area contributed by atoms with Gasteiger partial charge in [0.1, 0.15) is 5.75 Å². The zero-order valence-corrected chi connectivity index (χ0v) is 14.0. The highest BCUT2D eigenvalue weighted by atomic mass is 16.5. The number of benzene rings is 1. The van der Waals surface area contributed by atoms with E-state index in [0.29, 0.717) is 25.1 Å². The Morgan fingerprint density at radius 3 is 2.21 bits per heavy atom. The van der Waals surface area contributed by atoms with Crippen LogP contribution < -0.4 is 4.74 Å². The molecule has 1 aliphatic rings. The third-order valence-corrected chi connectivity index (χ3v) is 4.27. The molecule has 1 aromatic carbocycles. The fourth-order valence-electron chi connectivity index (χ4n) is 2.91. The predicted octanol–water partition coefficient (Wildman–Crippen LogP) is 3.85. The second kappa shape index (κ2) is 10.1. The van der Waals surface area contributed by atoms with Crippen molar-refractivity contribution >= 4 is 11.8 Å². The van der Waals surface area contributed by atoms with E-state index in [-0.39, 0.29) is 5.56 Å². The van der Waals surface area contributed by atoms with Gasteiger partial charge < -0.3 is 14.6 Å². The lowest BCUT2D eigenvalue weighted by Crippen LogP contribution is -2.16. The topological polar surface area (TPSA) is 72.8 Å². The molecule has 132 valence electrons. The minimum Gasteiger partial charge on any atom is -0.494 e. The van der Waals surface area contributed by atoms with E-state index in [9.17, 15) is 9.59 Å². The summed E-state index contributed by atoms with van der Waals surface area (Å²) >= 11 is 0. The van der Waals surface area contributed by atoms with Crippen LogP contribution in [0.4, 0.5) is 0 Å². The second-order valence-corrected chi connectivity index (χ2v) is 6.20. The molecule has 1 saturated carbocycles. The summed E-state index contributed by atoms with van der Waals surface area (Å²) < 4.78 is 11.5. The van der Waals surface area contributed by atoms with Crippen molar-refractivity contribution in [1.82, 2.24) is 0 Å². The highest BCUT2D eigenvalue weighted by molar-refractivity contribution is 6.39. The van der Waals surface area contributed by atoms with Gasteiger partial charge in [-0.2, -0.15) is 0 Å². The Bertz CT molecular complexity index is 515. The first-order valence-electron chi connectivity index (χ1n) is 8.79. The molecule has 0 aliphatic heterocycles. The van der Waals surface area contributed by atoms with E-state index in [1.165, 1.54) is 57.1 Å². The summed E-state index contributed by atoms with van der Waals surface area (Å²) in [7, 11) is 0. The van der Waals surface area contributed by atoms with E-state index >= 15 is 0 Å². The Morgan fingerprint density at radius 2 is 1.58 bits per heavy atom. The fraction of sp³-hybridized carbons (Fsp3) is 0.579. The average molecular weight is 334 g/mol. The Balaban J connectivity index is 1.63. The highest BCUT2D eigenvalue weighted by Gasteiger charge is 2.14. The maximum absolute atomic E-state index is 11.3. The van der Waals surface area contributed by atoms with Crippen LogP contribution in [0, 0.1) is 0 Å². The number of carbonyl (C=O) groups is 2. The van der Waals surface area contributed by atoms with E-state index < -0.39 is 11.8 Å². The summed E-state index contributed by atoms with van der Waals surface area (Å²) in [5, 5.41) is 8.65. The first kappa shape index (κ1) is 18.5. The third-order valence-electron chi connectivity index (χ3n) is 4.27. The number of hydrogen-bond donors (Lipinski definition) is 1. The summed E-state index contributed by atoms with van der Waals surface area (Å²) in [6.45, 7) is 1.24. The molecular weight excluding hydrogens is 308 g/mol. The van der Waals surface area contributed by atoms with E-state index in [0.717, 1.165) is 6.42 Å². The molecule has 1 N–H and O–H groups in total. The smallest absolute Gasteiger partial charge is 0.377 e. The molecule has 0 bridgehead atoms. The number of ether oxygens (including phenoxy) is 2. The van der Waals surface area contributed by atoms with Gasteiger partial charge >= 0.3 is 5.97 Å². The normalized spacial score (nSPS) is 16.2. The van der Waals surface area contributed by atoms with Crippen molar-refractivity contribution in [2.75, 3.05) is 13.2 Å². The van der Waals surface area contributed by atoms with Crippen molar-refractivity contribution < 1.29 is 24.2 Å². The molecule has 24 heavy (non-hydrogen) atoms. The second-order valence-electron chi connectivity index (χ2n) is 6.20. The minimum atomic E-state index is -1.45. The standard InChI is InChI=1S/C19H26O5/c20-18(19(21)22)15-9-11-17(12-10-15)24-14-6-13-23-16-7-4-2-1-3-5-8-16/h9-12,16H,1-8,13-14H2,(H,21,22). The molecule has 0 aromatic heterocycles. The van der Waals surface area contributed by atoms with E-state index in [2.05, 4.69) is 0 Å². The van der Waals surface area contributed by atoms with Gasteiger partial charge in [0.05, 0.1) is 19.3 Å². The molecule has 0 unspecified atom stereocenters. The number of carbonyl (C=O) groups excluding carboxylic acids is 1. The van der Waals surface area contributed by atoms with Crippen molar-refractivity contribution in [3.8, 4) is 5.75 Å². The molecule has 0 radical (unpaired) electrons. The SMILES string of the molecule is O=C(O)C(=O)c1ccc(OCCCOC2CCCCCCC2)cc1. The summed E-state index contributed by atoms with van der Waals surface area (Å²) in [4.78, 5) is 21.9. The number of carboxylic acid groups (broad SMARTS) is 1. The van der Waals surface area contributed by atoms with Crippen LogP contribution in [0.2, 0.25) is 0 Å². The minimum absolute atomic E-state index is 0.155. The number of aliphatic carboxylic acids is 1. The van der Waals surface area contributed by atoms with Gasteiger partial charge in [0.25, 0.3) is 5.78 Å². The van der Waals surface area contributed by atoms with Crippen LogP contribution in [0.3, 0.4) is 0 Å². The zero-order chi connectivity index (χ0) is 17.2. The lowest BCUT2D eigenvalue weighted by atomic mass is 9.99. The summed E-state index contributed by atoms with van der Waals surface area (Å²) in [5.41, 5.74) is 0.155. The molecule has 5 nitrogen and oxygen atoms in total. The predicted molar refractivity (Wildman–Crippen MR) is 90.6 cm³/mol. The van der Waals surface area contributed by atoms with Crippen molar-refractivity contribution in [3.63, 3.8) is 0 Å². The van der Waals surface area contributed by atoms with Crippen molar-refractivity contribution in [2.45, 2.75) is 57.5 Å². The van der Waals surface area contributed by atoms with Gasteiger partial charge in [-0.3, -0.25) is 4.79 Å². The molecule has 0 amide bonds. The van der Waals surface area contributed by atoms with Crippen LogP contribution in [0.5, 0.6) is 5.75 Å². The average Bonchev–Trinajstić information content (AvgIpc) is 2.56. The Hall–Kier alpha value is -1.88. The van der Waals surface area contributed by atoms with Crippen LogP contribution in [0.25, 0.3) is 0 Å². The lowest BCUT2D eigenvalue weighted by Gasteiger charge is -2.20. The Labute approximate surface area is 143 Å². The zero-order valence-electron chi connectivity index (χ0n) is 14.0. The van der Waals surface area contributed by atoms with Crippen molar-refractivity contribution in [2.24, 2.45) is 0 Å². The molecule has 5 heteroatoms. The van der Waals surface area contributed by atoms with Crippen molar-refractivity contribution in [3.05, 3.63) is 29.8 Å². The van der Waals surface area contributed by atoms with Crippen LogP contribution in [-0.2, 0) is 9.53 Å². The molecular formula is C19H26O5. The van der Waals surface area contributed by atoms with Gasteiger partial charge in [-0.05, 0) is 37.1 Å². The number of Topliss-reactive ketones (excluding diaryl/α,β-unsaturated/α-hetero) is 1. The summed E-state index contributed by atoms with van der Waals surface area (Å²) in [5.74, 6) is -1.73. The maximum Gasteiger partial charge on any atom is 0.377 e. The van der Waals surface area contributed by atoms with Gasteiger partial charge in [0, 0.05) is 12.0 Å². The molecule has 1 aromatic rings. The first-order valence-corrected chi connectivity index (χ1v) is 8.79. The van der Waals surface area contributed by atoms with Gasteiger partial charge in [-0.1, -0.05) is 32.1 Å². The number of hydrogen-bond acceptors (Lipinski definition) is 4. The highest BCUT2D eigenvalue weighted by Crippen LogP contribution is 2.19. The lowest BCUT2D eigenvalue weighted by molar-refractivity contribution is -0.131. The van der Waals surface area contributed by atoms with E-state index in [4.69, 9.17) is 14.6 Å². The molecule has 0 heterocycles. The van der Waals surface area contributed by atoms with Crippen LogP contribution in [0.1, 0.15) is 61.7 Å². The molecule has 0 saturated heterocycles. The number of ketones is 1. The molecule has 1 fully saturated rings. The van der Waals surface area contributed by atoms with Crippen molar-refractivity contribution in [1.29, 1.82) is 0 Å². The molecule has 1 aliphatic carbocycles. The monoisotopic (exact) mass is 334 g/mol. The summed E-state index contributed by atoms with van der Waals surface area (Å²) in [6, 6.07) is 6.17. The Kier molecular flexibility index (Phi) is 7.75. The third kappa shape index (κ3) is 6.32. The van der Waals surface area contributed by atoms with E-state index in [1.54, 1.807) is 12.1 Å². The maximum atomic E-state index is 11.3. The van der Waals surface area contributed by atoms with Gasteiger partial charge in [0.2, 0.25) is 0 Å². The number of rotatable bonds is 8. The van der Waals surface area contributed by atoms with Gasteiger partial charge in [-0.25, -0.2) is 4.79 Å². The van der Waals surface area contributed by atoms with Crippen LogP contribution in [0.15, 0.2) is 24.3 Å².